The van der Waals surface area contributed by atoms with E-state index >= 15 is 0 Å². The highest BCUT2D eigenvalue weighted by Crippen LogP contribution is 2.31. The molecular weight excluding hydrogens is 354 g/mol. The van der Waals surface area contributed by atoms with E-state index in [0.29, 0.717) is 22.9 Å². The number of anilines is 3. The van der Waals surface area contributed by atoms with Crippen LogP contribution in [0.5, 0.6) is 11.5 Å². The van der Waals surface area contributed by atoms with Crippen LogP contribution in [0.1, 0.15) is 21.5 Å². The molecule has 28 heavy (non-hydrogen) atoms. The Morgan fingerprint density at radius 3 is 2.46 bits per heavy atom. The lowest BCUT2D eigenvalue weighted by molar-refractivity contribution is 0.102. The number of hydrogen-bond donors (Lipinski definition) is 2. The van der Waals surface area contributed by atoms with Gasteiger partial charge in [0.25, 0.3) is 5.91 Å². The number of rotatable bonds is 6. The van der Waals surface area contributed by atoms with Gasteiger partial charge in [-0.1, -0.05) is 12.1 Å². The maximum atomic E-state index is 12.5. The largest absolute Gasteiger partial charge is 0.497 e. The summed E-state index contributed by atoms with van der Waals surface area (Å²) >= 11 is 0. The van der Waals surface area contributed by atoms with Crippen LogP contribution in [0.15, 0.2) is 54.7 Å². The fraction of sp³-hybridized carbons (Fsp3) is 0.182. The number of benzene rings is 2. The van der Waals surface area contributed by atoms with Crippen LogP contribution < -0.4 is 20.1 Å². The van der Waals surface area contributed by atoms with Crippen LogP contribution in [0.25, 0.3) is 0 Å². The van der Waals surface area contributed by atoms with E-state index in [9.17, 15) is 4.79 Å². The molecule has 0 saturated carbocycles. The van der Waals surface area contributed by atoms with Crippen LogP contribution in [-0.4, -0.2) is 25.1 Å². The van der Waals surface area contributed by atoms with Gasteiger partial charge in [-0.25, -0.2) is 4.98 Å². The molecule has 3 aromatic rings. The second kappa shape index (κ2) is 8.43. The number of amides is 1. The third-order valence-electron chi connectivity index (χ3n) is 4.55. The Labute approximate surface area is 164 Å². The number of hydrogen-bond acceptors (Lipinski definition) is 5. The summed E-state index contributed by atoms with van der Waals surface area (Å²) in [6.45, 7) is 4.00. The molecule has 0 aliphatic heterocycles. The van der Waals surface area contributed by atoms with Gasteiger partial charge in [0.05, 0.1) is 25.5 Å². The number of aromatic nitrogens is 1. The van der Waals surface area contributed by atoms with Gasteiger partial charge in [0.2, 0.25) is 0 Å². The SMILES string of the molecule is COc1ccc(OC)c(Nc2ccc(C(=O)Nc3cccc(C)c3C)cn2)c1. The fourth-order valence-corrected chi connectivity index (χ4v) is 2.73. The second-order valence-electron chi connectivity index (χ2n) is 6.32. The predicted octanol–water partition coefficient (Wildman–Crippen LogP) is 4.71. The molecule has 0 unspecified atom stereocenters. The smallest absolute Gasteiger partial charge is 0.257 e. The van der Waals surface area contributed by atoms with Crippen molar-refractivity contribution >= 4 is 23.1 Å². The van der Waals surface area contributed by atoms with Crippen LogP contribution >= 0.6 is 0 Å². The van der Waals surface area contributed by atoms with E-state index in [4.69, 9.17) is 9.47 Å². The van der Waals surface area contributed by atoms with Crippen LogP contribution in [-0.2, 0) is 0 Å². The number of nitrogens with one attached hydrogen (secondary N) is 2. The zero-order valence-corrected chi connectivity index (χ0v) is 16.4. The van der Waals surface area contributed by atoms with Gasteiger partial charge in [0.1, 0.15) is 17.3 Å². The van der Waals surface area contributed by atoms with Gasteiger partial charge >= 0.3 is 0 Å². The first-order chi connectivity index (χ1) is 13.5. The summed E-state index contributed by atoms with van der Waals surface area (Å²) in [4.78, 5) is 16.9. The molecule has 0 fully saturated rings. The van der Waals surface area contributed by atoms with Crippen LogP contribution in [0, 0.1) is 13.8 Å². The molecule has 1 heterocycles. The summed E-state index contributed by atoms with van der Waals surface area (Å²) in [6, 6.07) is 14.7. The molecule has 0 saturated heterocycles. The number of ether oxygens (including phenoxy) is 2. The minimum atomic E-state index is -0.202. The van der Waals surface area contributed by atoms with Crippen molar-refractivity contribution in [2.45, 2.75) is 13.8 Å². The summed E-state index contributed by atoms with van der Waals surface area (Å²) in [6.07, 6.45) is 1.54. The van der Waals surface area contributed by atoms with E-state index in [2.05, 4.69) is 15.6 Å². The first kappa shape index (κ1) is 19.2. The molecule has 0 spiro atoms. The lowest BCUT2D eigenvalue weighted by Crippen LogP contribution is -2.13. The minimum absolute atomic E-state index is 0.202. The second-order valence-corrected chi connectivity index (χ2v) is 6.32. The van der Waals surface area contributed by atoms with Crippen LogP contribution in [0.3, 0.4) is 0 Å². The number of aryl methyl sites for hydroxylation is 1. The summed E-state index contributed by atoms with van der Waals surface area (Å²) in [5.41, 5.74) is 4.18. The molecule has 2 aromatic carbocycles. The monoisotopic (exact) mass is 377 g/mol. The van der Waals surface area contributed by atoms with Crippen molar-refractivity contribution in [3.05, 3.63) is 71.4 Å². The number of pyridine rings is 1. The van der Waals surface area contributed by atoms with Crippen LogP contribution in [0.2, 0.25) is 0 Å². The molecule has 0 radical (unpaired) electrons. The van der Waals surface area contributed by atoms with E-state index < -0.39 is 0 Å². The van der Waals surface area contributed by atoms with Crippen molar-refractivity contribution in [3.63, 3.8) is 0 Å². The highest BCUT2D eigenvalue weighted by atomic mass is 16.5. The lowest BCUT2D eigenvalue weighted by Gasteiger charge is -2.13. The molecule has 6 heteroatoms. The average molecular weight is 377 g/mol. The Bertz CT molecular complexity index is 985. The molecule has 2 N–H and O–H groups in total. The number of carbonyl (C=O) groups is 1. The maximum absolute atomic E-state index is 12.5. The highest BCUT2D eigenvalue weighted by molar-refractivity contribution is 6.04. The van der Waals surface area contributed by atoms with Gasteiger partial charge in [0, 0.05) is 18.0 Å². The van der Waals surface area contributed by atoms with Crippen molar-refractivity contribution in [2.75, 3.05) is 24.9 Å². The van der Waals surface area contributed by atoms with Gasteiger partial charge in [-0.2, -0.15) is 0 Å². The van der Waals surface area contributed by atoms with E-state index in [1.54, 1.807) is 26.4 Å². The molecule has 1 amide bonds. The molecule has 0 aliphatic rings. The molecular formula is C22H23N3O3. The van der Waals surface area contributed by atoms with Gasteiger partial charge in [0.15, 0.2) is 0 Å². The normalized spacial score (nSPS) is 10.3. The number of carbonyl (C=O) groups excluding carboxylic acids is 1. The van der Waals surface area contributed by atoms with E-state index in [0.717, 1.165) is 22.5 Å². The third-order valence-corrected chi connectivity index (χ3v) is 4.55. The van der Waals surface area contributed by atoms with Gasteiger partial charge in [-0.05, 0) is 55.3 Å². The minimum Gasteiger partial charge on any atom is -0.497 e. The standard InChI is InChI=1S/C22H23N3O3/c1-14-6-5-7-18(15(14)2)25-22(26)16-8-11-21(23-13-16)24-19-12-17(27-3)9-10-20(19)28-4/h5-13H,1-4H3,(H,23,24)(H,25,26). The van der Waals surface area contributed by atoms with E-state index in [1.807, 2.05) is 50.2 Å². The molecule has 144 valence electrons. The molecule has 0 aliphatic carbocycles. The Kier molecular flexibility index (Phi) is 5.79. The summed E-state index contributed by atoms with van der Waals surface area (Å²) in [5.74, 6) is 1.76. The zero-order valence-electron chi connectivity index (χ0n) is 16.4. The van der Waals surface area contributed by atoms with Crippen molar-refractivity contribution in [2.24, 2.45) is 0 Å². The highest BCUT2D eigenvalue weighted by Gasteiger charge is 2.10. The summed E-state index contributed by atoms with van der Waals surface area (Å²) in [5, 5.41) is 6.12. The van der Waals surface area contributed by atoms with Crippen molar-refractivity contribution < 1.29 is 14.3 Å². The number of methoxy groups -OCH3 is 2. The Balaban J connectivity index is 1.75. The Morgan fingerprint density at radius 1 is 0.964 bits per heavy atom. The first-order valence-corrected chi connectivity index (χ1v) is 8.84. The summed E-state index contributed by atoms with van der Waals surface area (Å²) in [7, 11) is 3.20. The molecule has 1 aromatic heterocycles. The fourth-order valence-electron chi connectivity index (χ4n) is 2.73. The first-order valence-electron chi connectivity index (χ1n) is 8.84. The molecule has 0 atom stereocenters. The number of nitrogens with zero attached hydrogens (tertiary/aromatic N) is 1. The topological polar surface area (TPSA) is 72.5 Å². The van der Waals surface area contributed by atoms with E-state index in [-0.39, 0.29) is 5.91 Å². The molecule has 6 nitrogen and oxygen atoms in total. The van der Waals surface area contributed by atoms with E-state index in [1.165, 1.54) is 6.20 Å². The Morgan fingerprint density at radius 2 is 1.79 bits per heavy atom. The van der Waals surface area contributed by atoms with Crippen molar-refractivity contribution in [3.8, 4) is 11.5 Å². The lowest BCUT2D eigenvalue weighted by atomic mass is 10.1. The Hall–Kier alpha value is -3.54. The van der Waals surface area contributed by atoms with Crippen LogP contribution in [0.4, 0.5) is 17.2 Å². The van der Waals surface area contributed by atoms with Crippen molar-refractivity contribution in [1.82, 2.24) is 4.98 Å². The average Bonchev–Trinajstić information content (AvgIpc) is 2.71. The van der Waals surface area contributed by atoms with Gasteiger partial charge in [-0.15, -0.1) is 0 Å². The summed E-state index contributed by atoms with van der Waals surface area (Å²) < 4.78 is 10.6. The predicted molar refractivity (Wildman–Crippen MR) is 111 cm³/mol. The van der Waals surface area contributed by atoms with Gasteiger partial charge in [-0.3, -0.25) is 4.79 Å². The molecule has 3 rings (SSSR count). The molecule has 0 bridgehead atoms. The third kappa shape index (κ3) is 4.23. The van der Waals surface area contributed by atoms with Crippen molar-refractivity contribution in [1.29, 1.82) is 0 Å². The zero-order chi connectivity index (χ0) is 20.1. The maximum Gasteiger partial charge on any atom is 0.257 e. The van der Waals surface area contributed by atoms with Gasteiger partial charge < -0.3 is 20.1 Å². The quantitative estimate of drug-likeness (QED) is 0.651.